The van der Waals surface area contributed by atoms with E-state index in [2.05, 4.69) is 11.4 Å². The van der Waals surface area contributed by atoms with Gasteiger partial charge in [0.2, 0.25) is 11.8 Å². The van der Waals surface area contributed by atoms with Gasteiger partial charge in [0.25, 0.3) is 0 Å². The van der Waals surface area contributed by atoms with E-state index in [0.29, 0.717) is 13.1 Å². The Morgan fingerprint density at radius 3 is 2.67 bits per heavy atom. The topological polar surface area (TPSA) is 75.4 Å². The van der Waals surface area contributed by atoms with Crippen LogP contribution in [0.4, 0.5) is 0 Å². The summed E-state index contributed by atoms with van der Waals surface area (Å²) in [5.41, 5.74) is 8.03. The zero-order valence-electron chi connectivity index (χ0n) is 12.2. The molecule has 2 amide bonds. The van der Waals surface area contributed by atoms with Crippen molar-refractivity contribution >= 4 is 24.2 Å². The minimum atomic E-state index is -0.188. The van der Waals surface area contributed by atoms with E-state index in [1.807, 2.05) is 18.2 Å². The van der Waals surface area contributed by atoms with E-state index >= 15 is 0 Å². The highest BCUT2D eigenvalue weighted by atomic mass is 35.5. The van der Waals surface area contributed by atoms with Crippen molar-refractivity contribution in [3.05, 3.63) is 35.4 Å². The smallest absolute Gasteiger partial charge is 0.242 e. The van der Waals surface area contributed by atoms with E-state index < -0.39 is 0 Å². The SMILES string of the molecule is CC(N)CC(=O)NCC(=O)N1CCc2ccccc2C1.Cl. The van der Waals surface area contributed by atoms with Crippen molar-refractivity contribution in [2.45, 2.75) is 32.4 Å². The Morgan fingerprint density at radius 1 is 1.33 bits per heavy atom. The van der Waals surface area contributed by atoms with Gasteiger partial charge in [-0.2, -0.15) is 0 Å². The third kappa shape index (κ3) is 5.02. The minimum Gasteiger partial charge on any atom is -0.347 e. The molecule has 0 radical (unpaired) electrons. The number of halogens is 1. The maximum atomic E-state index is 12.1. The maximum Gasteiger partial charge on any atom is 0.242 e. The van der Waals surface area contributed by atoms with Crippen molar-refractivity contribution in [2.75, 3.05) is 13.1 Å². The van der Waals surface area contributed by atoms with Crippen LogP contribution >= 0.6 is 12.4 Å². The third-order valence-corrected chi connectivity index (χ3v) is 3.43. The number of nitrogens with zero attached hydrogens (tertiary/aromatic N) is 1. The second kappa shape index (κ2) is 8.00. The molecule has 0 aromatic heterocycles. The molecule has 1 heterocycles. The second-order valence-corrected chi connectivity index (χ2v) is 5.29. The summed E-state index contributed by atoms with van der Waals surface area (Å²) in [6.07, 6.45) is 1.12. The summed E-state index contributed by atoms with van der Waals surface area (Å²) in [6.45, 7) is 3.15. The van der Waals surface area contributed by atoms with Crippen LogP contribution in [0.5, 0.6) is 0 Å². The number of hydrogen-bond donors (Lipinski definition) is 2. The highest BCUT2D eigenvalue weighted by molar-refractivity contribution is 5.85. The Labute approximate surface area is 131 Å². The normalized spacial score (nSPS) is 14.7. The average molecular weight is 312 g/mol. The second-order valence-electron chi connectivity index (χ2n) is 5.29. The van der Waals surface area contributed by atoms with Crippen LogP contribution in [0.3, 0.4) is 0 Å². The van der Waals surface area contributed by atoms with E-state index in [0.717, 1.165) is 6.42 Å². The van der Waals surface area contributed by atoms with Gasteiger partial charge in [-0.05, 0) is 24.5 Å². The van der Waals surface area contributed by atoms with Crippen molar-refractivity contribution in [3.63, 3.8) is 0 Å². The monoisotopic (exact) mass is 311 g/mol. The number of amides is 2. The molecule has 5 nitrogen and oxygen atoms in total. The molecular weight excluding hydrogens is 290 g/mol. The minimum absolute atomic E-state index is 0. The fraction of sp³-hybridized carbons (Fsp3) is 0.467. The van der Waals surface area contributed by atoms with Crippen molar-refractivity contribution < 1.29 is 9.59 Å². The van der Waals surface area contributed by atoms with E-state index in [-0.39, 0.29) is 43.2 Å². The van der Waals surface area contributed by atoms with Crippen LogP contribution in [0, 0.1) is 0 Å². The largest absolute Gasteiger partial charge is 0.347 e. The van der Waals surface area contributed by atoms with Crippen LogP contribution in [0.1, 0.15) is 24.5 Å². The number of nitrogens with one attached hydrogen (secondary N) is 1. The van der Waals surface area contributed by atoms with E-state index in [4.69, 9.17) is 5.73 Å². The Bertz CT molecular complexity index is 505. The first-order valence-electron chi connectivity index (χ1n) is 6.93. The number of nitrogens with two attached hydrogens (primary N) is 1. The van der Waals surface area contributed by atoms with E-state index in [9.17, 15) is 9.59 Å². The molecule has 1 aliphatic rings. The van der Waals surface area contributed by atoms with Crippen LogP contribution in [0.15, 0.2) is 24.3 Å². The molecule has 0 saturated carbocycles. The molecular formula is C15H22ClN3O2. The van der Waals surface area contributed by atoms with E-state index in [1.165, 1.54) is 11.1 Å². The molecule has 6 heteroatoms. The van der Waals surface area contributed by atoms with Gasteiger partial charge in [0.05, 0.1) is 6.54 Å². The van der Waals surface area contributed by atoms with Crippen LogP contribution in [0.25, 0.3) is 0 Å². The molecule has 1 unspecified atom stereocenters. The lowest BCUT2D eigenvalue weighted by Gasteiger charge is -2.29. The van der Waals surface area contributed by atoms with Crippen molar-refractivity contribution in [1.29, 1.82) is 0 Å². The molecule has 0 saturated heterocycles. The predicted molar refractivity (Wildman–Crippen MR) is 84.1 cm³/mol. The number of carbonyl (C=O) groups excluding carboxylic acids is 2. The summed E-state index contributed by atoms with van der Waals surface area (Å²) < 4.78 is 0. The Balaban J connectivity index is 0.00000220. The quantitative estimate of drug-likeness (QED) is 0.865. The van der Waals surface area contributed by atoms with Gasteiger partial charge in [0.1, 0.15) is 0 Å². The van der Waals surface area contributed by atoms with Crippen molar-refractivity contribution in [3.8, 4) is 0 Å². The first kappa shape index (κ1) is 17.5. The highest BCUT2D eigenvalue weighted by Crippen LogP contribution is 2.18. The molecule has 1 aromatic carbocycles. The van der Waals surface area contributed by atoms with Gasteiger partial charge in [-0.3, -0.25) is 9.59 Å². The van der Waals surface area contributed by atoms with Crippen LogP contribution in [0.2, 0.25) is 0 Å². The summed E-state index contributed by atoms with van der Waals surface area (Å²) in [6, 6.07) is 7.96. The van der Waals surface area contributed by atoms with E-state index in [1.54, 1.807) is 11.8 Å². The van der Waals surface area contributed by atoms with Gasteiger partial charge in [-0.25, -0.2) is 0 Å². The van der Waals surface area contributed by atoms with Crippen LogP contribution in [-0.2, 0) is 22.6 Å². The summed E-state index contributed by atoms with van der Waals surface area (Å²) >= 11 is 0. The molecule has 21 heavy (non-hydrogen) atoms. The van der Waals surface area contributed by atoms with Gasteiger partial charge in [-0.1, -0.05) is 24.3 Å². The van der Waals surface area contributed by atoms with Crippen molar-refractivity contribution in [1.82, 2.24) is 10.2 Å². The lowest BCUT2D eigenvalue weighted by molar-refractivity contribution is -0.133. The first-order valence-corrected chi connectivity index (χ1v) is 6.93. The predicted octanol–water partition coefficient (Wildman–Crippen LogP) is 0.847. The number of rotatable bonds is 4. The zero-order valence-corrected chi connectivity index (χ0v) is 13.0. The molecule has 1 aromatic rings. The number of benzene rings is 1. The Morgan fingerprint density at radius 2 is 2.00 bits per heavy atom. The fourth-order valence-electron chi connectivity index (χ4n) is 2.36. The number of fused-ring (bicyclic) bond motifs is 1. The summed E-state index contributed by atoms with van der Waals surface area (Å²) in [5.74, 6) is -0.219. The molecule has 0 spiro atoms. The first-order chi connectivity index (χ1) is 9.56. The molecule has 0 fully saturated rings. The van der Waals surface area contributed by atoms with Gasteiger partial charge in [-0.15, -0.1) is 12.4 Å². The lowest BCUT2D eigenvalue weighted by Crippen LogP contribution is -2.43. The molecule has 2 rings (SSSR count). The zero-order chi connectivity index (χ0) is 14.5. The van der Waals surface area contributed by atoms with Gasteiger partial charge < -0.3 is 16.0 Å². The summed E-state index contributed by atoms with van der Waals surface area (Å²) in [5, 5.41) is 2.62. The molecule has 116 valence electrons. The molecule has 1 aliphatic heterocycles. The van der Waals surface area contributed by atoms with Gasteiger partial charge in [0, 0.05) is 25.6 Å². The maximum absolute atomic E-state index is 12.1. The number of carbonyl (C=O) groups is 2. The van der Waals surface area contributed by atoms with Gasteiger partial charge >= 0.3 is 0 Å². The third-order valence-electron chi connectivity index (χ3n) is 3.43. The van der Waals surface area contributed by atoms with Gasteiger partial charge in [0.15, 0.2) is 0 Å². The highest BCUT2D eigenvalue weighted by Gasteiger charge is 2.20. The van der Waals surface area contributed by atoms with Crippen molar-refractivity contribution in [2.24, 2.45) is 5.73 Å². The summed E-state index contributed by atoms with van der Waals surface area (Å²) in [4.78, 5) is 25.3. The molecule has 0 aliphatic carbocycles. The molecule has 0 bridgehead atoms. The van der Waals surface area contributed by atoms with Crippen LogP contribution in [-0.4, -0.2) is 35.8 Å². The fourth-order valence-corrected chi connectivity index (χ4v) is 2.36. The number of hydrogen-bond acceptors (Lipinski definition) is 3. The average Bonchev–Trinajstić information content (AvgIpc) is 2.43. The van der Waals surface area contributed by atoms with Crippen LogP contribution < -0.4 is 11.1 Å². The summed E-state index contributed by atoms with van der Waals surface area (Å²) in [7, 11) is 0. The lowest BCUT2D eigenvalue weighted by atomic mass is 10.00. The standard InChI is InChI=1S/C15H21N3O2.ClH/c1-11(16)8-14(19)17-9-15(20)18-7-6-12-4-2-3-5-13(12)10-18;/h2-5,11H,6-10,16H2,1H3,(H,17,19);1H. The Hall–Kier alpha value is -1.59. The molecule has 1 atom stereocenters. The molecule has 3 N–H and O–H groups in total. The Kier molecular flexibility index (Phi) is 6.65.